The molecule has 1 saturated carbocycles. The van der Waals surface area contributed by atoms with Crippen LogP contribution in [0.15, 0.2) is 12.7 Å². The average Bonchev–Trinajstić information content (AvgIpc) is 2.93. The molecule has 0 saturated heterocycles. The van der Waals surface area contributed by atoms with E-state index in [1.54, 1.807) is 0 Å². The minimum Gasteiger partial charge on any atom is -0.466 e. The van der Waals surface area contributed by atoms with E-state index in [4.69, 9.17) is 9.84 Å². The van der Waals surface area contributed by atoms with Crippen molar-refractivity contribution in [2.45, 2.75) is 32.6 Å². The molecule has 0 aromatic heterocycles. The first-order chi connectivity index (χ1) is 7.76. The van der Waals surface area contributed by atoms with Crippen molar-refractivity contribution >= 4 is 5.97 Å². The van der Waals surface area contributed by atoms with E-state index in [0.717, 1.165) is 25.7 Å². The number of allylic oxidation sites excluding steroid dienone is 1. The quantitative estimate of drug-likeness (QED) is 0.392. The maximum atomic E-state index is 11.6. The van der Waals surface area contributed by atoms with Crippen LogP contribution < -0.4 is 0 Å². The lowest BCUT2D eigenvalue weighted by Crippen LogP contribution is -2.08. The molecule has 1 unspecified atom stereocenters. The van der Waals surface area contributed by atoms with Crippen LogP contribution >= 0.6 is 0 Å². The fourth-order valence-electron chi connectivity index (χ4n) is 2.43. The number of ether oxygens (including phenoxy) is 1. The van der Waals surface area contributed by atoms with Gasteiger partial charge in [0.15, 0.2) is 0 Å². The fourth-order valence-corrected chi connectivity index (χ4v) is 2.43. The van der Waals surface area contributed by atoms with Crippen molar-refractivity contribution in [3.05, 3.63) is 12.7 Å². The molecule has 3 nitrogen and oxygen atoms in total. The predicted octanol–water partition coefficient (Wildman–Crippen LogP) is 2.15. The highest BCUT2D eigenvalue weighted by Gasteiger charge is 2.53. The molecule has 0 heterocycles. The first-order valence-corrected chi connectivity index (χ1v) is 6.14. The van der Waals surface area contributed by atoms with Gasteiger partial charge in [0.2, 0.25) is 0 Å². The molecule has 3 atom stereocenters. The van der Waals surface area contributed by atoms with Gasteiger partial charge in [0.25, 0.3) is 0 Å². The Morgan fingerprint density at radius 3 is 2.75 bits per heavy atom. The van der Waals surface area contributed by atoms with Gasteiger partial charge in [-0.25, -0.2) is 0 Å². The molecular formula is C13H22O3. The smallest absolute Gasteiger partial charge is 0.309 e. The van der Waals surface area contributed by atoms with Gasteiger partial charge >= 0.3 is 5.97 Å². The monoisotopic (exact) mass is 226 g/mol. The highest BCUT2D eigenvalue weighted by molar-refractivity contribution is 5.76. The van der Waals surface area contributed by atoms with Gasteiger partial charge in [-0.2, -0.15) is 0 Å². The predicted molar refractivity (Wildman–Crippen MR) is 62.9 cm³/mol. The zero-order valence-corrected chi connectivity index (χ0v) is 10.0. The Bertz CT molecular complexity index is 237. The number of hydrogen-bond acceptors (Lipinski definition) is 3. The Labute approximate surface area is 97.5 Å². The molecule has 0 amide bonds. The molecule has 1 fully saturated rings. The maximum absolute atomic E-state index is 11.6. The Kier molecular flexibility index (Phi) is 5.53. The zero-order valence-electron chi connectivity index (χ0n) is 10.0. The van der Waals surface area contributed by atoms with Gasteiger partial charge in [0.05, 0.1) is 12.5 Å². The van der Waals surface area contributed by atoms with Gasteiger partial charge in [-0.05, 0) is 38.0 Å². The topological polar surface area (TPSA) is 46.5 Å². The molecule has 1 aliphatic rings. The van der Waals surface area contributed by atoms with Crippen molar-refractivity contribution in [3.63, 3.8) is 0 Å². The summed E-state index contributed by atoms with van der Waals surface area (Å²) in [5, 5.41) is 8.72. The van der Waals surface area contributed by atoms with Crippen LogP contribution in [0.3, 0.4) is 0 Å². The summed E-state index contributed by atoms with van der Waals surface area (Å²) in [5.74, 6) is 0.902. The van der Waals surface area contributed by atoms with Gasteiger partial charge in [0.1, 0.15) is 0 Å². The highest BCUT2D eigenvalue weighted by atomic mass is 16.5. The first kappa shape index (κ1) is 13.2. The summed E-state index contributed by atoms with van der Waals surface area (Å²) < 4.78 is 5.06. The van der Waals surface area contributed by atoms with E-state index in [0.29, 0.717) is 18.4 Å². The standard InChI is InChI=1S/C13H22O3/c1-3-7-10-11(8-5-6-9-14)12(10)13(15)16-4-2/h3,10-12,14H,1,4-9H2,2H3/t10-,11?,12-/m1/s1. The largest absolute Gasteiger partial charge is 0.466 e. The van der Waals surface area contributed by atoms with Crippen LogP contribution in [-0.2, 0) is 9.53 Å². The molecule has 3 heteroatoms. The summed E-state index contributed by atoms with van der Waals surface area (Å²) in [5.41, 5.74) is 0. The molecule has 1 rings (SSSR count). The summed E-state index contributed by atoms with van der Waals surface area (Å²) in [6, 6.07) is 0. The van der Waals surface area contributed by atoms with E-state index >= 15 is 0 Å². The van der Waals surface area contributed by atoms with Gasteiger partial charge in [-0.15, -0.1) is 6.58 Å². The molecule has 0 aliphatic heterocycles. The van der Waals surface area contributed by atoms with Crippen LogP contribution in [0, 0.1) is 17.8 Å². The van der Waals surface area contributed by atoms with Crippen molar-refractivity contribution < 1.29 is 14.6 Å². The molecule has 0 bridgehead atoms. The van der Waals surface area contributed by atoms with Crippen LogP contribution in [0.25, 0.3) is 0 Å². The second-order valence-corrected chi connectivity index (χ2v) is 4.35. The van der Waals surface area contributed by atoms with Crippen LogP contribution in [0.4, 0.5) is 0 Å². The fraction of sp³-hybridized carbons (Fsp3) is 0.769. The molecule has 0 spiro atoms. The Morgan fingerprint density at radius 1 is 1.44 bits per heavy atom. The number of aliphatic hydroxyl groups is 1. The number of esters is 1. The summed E-state index contributed by atoms with van der Waals surface area (Å²) in [4.78, 5) is 11.6. The summed E-state index contributed by atoms with van der Waals surface area (Å²) in [7, 11) is 0. The Hall–Kier alpha value is -0.830. The minimum absolute atomic E-state index is 0.0525. The molecule has 0 aromatic carbocycles. The number of aliphatic hydroxyl groups excluding tert-OH is 1. The first-order valence-electron chi connectivity index (χ1n) is 6.14. The molecule has 92 valence electrons. The van der Waals surface area contributed by atoms with Crippen molar-refractivity contribution in [2.24, 2.45) is 17.8 Å². The van der Waals surface area contributed by atoms with Crippen molar-refractivity contribution in [1.29, 1.82) is 0 Å². The van der Waals surface area contributed by atoms with Crippen LogP contribution in [0.2, 0.25) is 0 Å². The normalized spacial score (nSPS) is 27.5. The second-order valence-electron chi connectivity index (χ2n) is 4.35. The van der Waals surface area contributed by atoms with Crippen LogP contribution in [0.1, 0.15) is 32.6 Å². The van der Waals surface area contributed by atoms with Gasteiger partial charge in [-0.3, -0.25) is 4.79 Å². The molecular weight excluding hydrogens is 204 g/mol. The lowest BCUT2D eigenvalue weighted by molar-refractivity contribution is -0.145. The summed E-state index contributed by atoms with van der Waals surface area (Å²) in [6.07, 6.45) is 5.61. The SMILES string of the molecule is C=CC[C@@H]1C(CCCCO)[C@@H]1C(=O)OCC. The van der Waals surface area contributed by atoms with Crippen molar-refractivity contribution in [2.75, 3.05) is 13.2 Å². The lowest BCUT2D eigenvalue weighted by Gasteiger charge is -2.00. The van der Waals surface area contributed by atoms with E-state index in [-0.39, 0.29) is 18.5 Å². The molecule has 1 aliphatic carbocycles. The maximum Gasteiger partial charge on any atom is 0.309 e. The van der Waals surface area contributed by atoms with Crippen molar-refractivity contribution in [1.82, 2.24) is 0 Å². The second kappa shape index (κ2) is 6.69. The van der Waals surface area contributed by atoms with Gasteiger partial charge < -0.3 is 9.84 Å². The third-order valence-electron chi connectivity index (χ3n) is 3.27. The number of hydrogen-bond donors (Lipinski definition) is 1. The third kappa shape index (κ3) is 3.34. The minimum atomic E-state index is -0.0525. The van der Waals surface area contributed by atoms with E-state index in [2.05, 4.69) is 6.58 Å². The van der Waals surface area contributed by atoms with E-state index in [1.807, 2.05) is 13.0 Å². The zero-order chi connectivity index (χ0) is 12.0. The summed E-state index contributed by atoms with van der Waals surface area (Å²) >= 11 is 0. The molecule has 0 radical (unpaired) electrons. The molecule has 0 aromatic rings. The van der Waals surface area contributed by atoms with E-state index in [9.17, 15) is 4.79 Å². The van der Waals surface area contributed by atoms with Crippen molar-refractivity contribution in [3.8, 4) is 0 Å². The van der Waals surface area contributed by atoms with Crippen LogP contribution in [0.5, 0.6) is 0 Å². The number of carbonyl (C=O) groups is 1. The highest BCUT2D eigenvalue weighted by Crippen LogP contribution is 2.52. The van der Waals surface area contributed by atoms with Crippen LogP contribution in [-0.4, -0.2) is 24.3 Å². The Morgan fingerprint density at radius 2 is 2.19 bits per heavy atom. The number of unbranched alkanes of at least 4 members (excludes halogenated alkanes) is 1. The van der Waals surface area contributed by atoms with Gasteiger partial charge in [-0.1, -0.05) is 12.5 Å². The average molecular weight is 226 g/mol. The van der Waals surface area contributed by atoms with E-state index in [1.165, 1.54) is 0 Å². The number of rotatable bonds is 8. The Balaban J connectivity index is 2.36. The number of carbonyl (C=O) groups excluding carboxylic acids is 1. The molecule has 1 N–H and O–H groups in total. The lowest BCUT2D eigenvalue weighted by atomic mass is 10.1. The van der Waals surface area contributed by atoms with Gasteiger partial charge in [0, 0.05) is 6.61 Å². The summed E-state index contributed by atoms with van der Waals surface area (Å²) in [6.45, 7) is 6.25. The third-order valence-corrected chi connectivity index (χ3v) is 3.27. The molecule has 16 heavy (non-hydrogen) atoms. The van der Waals surface area contributed by atoms with E-state index < -0.39 is 0 Å².